The van der Waals surface area contributed by atoms with E-state index in [1.54, 1.807) is 6.33 Å². The van der Waals surface area contributed by atoms with E-state index < -0.39 is 0 Å². The molecular weight excluding hydrogens is 368 g/mol. The molecule has 29 heavy (non-hydrogen) atoms. The number of aromatic nitrogens is 3. The van der Waals surface area contributed by atoms with Crippen LogP contribution in [0.4, 0.5) is 0 Å². The number of nitrogens with zero attached hydrogens (tertiary/aromatic N) is 4. The number of morpholine rings is 1. The lowest BCUT2D eigenvalue weighted by molar-refractivity contribution is -0.0930. The lowest BCUT2D eigenvalue weighted by Gasteiger charge is -2.38. The Morgan fingerprint density at radius 2 is 1.76 bits per heavy atom. The molecule has 0 N–H and O–H groups in total. The van der Waals surface area contributed by atoms with Gasteiger partial charge in [0.05, 0.1) is 18.8 Å². The molecule has 1 aromatic heterocycles. The van der Waals surface area contributed by atoms with Crippen molar-refractivity contribution in [1.82, 2.24) is 19.7 Å². The van der Waals surface area contributed by atoms with Gasteiger partial charge in [-0.1, -0.05) is 36.4 Å². The molecular formula is C22H24N4O3. The summed E-state index contributed by atoms with van der Waals surface area (Å²) in [6.07, 6.45) is 1.54. The minimum absolute atomic E-state index is 0.0154. The predicted molar refractivity (Wildman–Crippen MR) is 107 cm³/mol. The zero-order chi connectivity index (χ0) is 19.6. The van der Waals surface area contributed by atoms with Crippen molar-refractivity contribution < 1.29 is 14.2 Å². The Morgan fingerprint density at radius 1 is 0.966 bits per heavy atom. The molecule has 0 aliphatic carbocycles. The number of hydrogen-bond acceptors (Lipinski definition) is 6. The number of benzene rings is 2. The molecule has 1 saturated heterocycles. The predicted octanol–water partition coefficient (Wildman–Crippen LogP) is 3.34. The summed E-state index contributed by atoms with van der Waals surface area (Å²) in [5.74, 6) is 2.55. The molecule has 0 radical (unpaired) electrons. The largest absolute Gasteiger partial charge is 0.454 e. The first-order valence-corrected chi connectivity index (χ1v) is 9.99. The lowest BCUT2D eigenvalue weighted by atomic mass is 10.0. The van der Waals surface area contributed by atoms with E-state index in [0.29, 0.717) is 0 Å². The van der Waals surface area contributed by atoms with Gasteiger partial charge < -0.3 is 14.2 Å². The van der Waals surface area contributed by atoms with Crippen molar-refractivity contribution >= 4 is 0 Å². The van der Waals surface area contributed by atoms with Crippen LogP contribution in [-0.2, 0) is 17.8 Å². The Morgan fingerprint density at radius 3 is 2.59 bits per heavy atom. The van der Waals surface area contributed by atoms with E-state index in [-0.39, 0.29) is 19.0 Å². The molecule has 0 bridgehead atoms. The molecule has 5 rings (SSSR count). The fraction of sp³-hybridized carbons (Fsp3) is 0.364. The highest BCUT2D eigenvalue weighted by Crippen LogP contribution is 2.38. The van der Waals surface area contributed by atoms with Gasteiger partial charge >= 0.3 is 0 Å². The average molecular weight is 392 g/mol. The third-order valence-electron chi connectivity index (χ3n) is 5.48. The minimum Gasteiger partial charge on any atom is -0.454 e. The second-order valence-electron chi connectivity index (χ2n) is 7.32. The summed E-state index contributed by atoms with van der Waals surface area (Å²) in [7, 11) is 0. The van der Waals surface area contributed by atoms with Crippen LogP contribution in [0.25, 0.3) is 0 Å². The standard InChI is InChI=1S/C22H24N4O3/c1-2-26-22(23-14-24-26)13-25-11-20(16-6-4-3-5-7-16)29-21(12-25)17-8-9-18-19(10-17)28-15-27-18/h3-10,14,20-21H,2,11-13,15H2,1H3/t20-,21+/m0/s1. The van der Waals surface area contributed by atoms with Crippen LogP contribution in [0.2, 0.25) is 0 Å². The molecule has 7 nitrogen and oxygen atoms in total. The van der Waals surface area contributed by atoms with E-state index in [4.69, 9.17) is 14.2 Å². The third-order valence-corrected chi connectivity index (χ3v) is 5.48. The maximum absolute atomic E-state index is 6.54. The van der Waals surface area contributed by atoms with Crippen LogP contribution in [-0.4, -0.2) is 39.5 Å². The Balaban J connectivity index is 1.43. The second-order valence-corrected chi connectivity index (χ2v) is 7.32. The molecule has 2 aromatic carbocycles. The Hall–Kier alpha value is -2.90. The summed E-state index contributed by atoms with van der Waals surface area (Å²) in [5.41, 5.74) is 2.27. The van der Waals surface area contributed by atoms with Crippen molar-refractivity contribution in [2.24, 2.45) is 0 Å². The molecule has 7 heteroatoms. The van der Waals surface area contributed by atoms with E-state index >= 15 is 0 Å². The summed E-state index contributed by atoms with van der Waals surface area (Å²) >= 11 is 0. The molecule has 3 aromatic rings. The first-order valence-electron chi connectivity index (χ1n) is 9.99. The third kappa shape index (κ3) is 3.71. The van der Waals surface area contributed by atoms with Gasteiger partial charge in [-0.3, -0.25) is 4.90 Å². The second kappa shape index (κ2) is 7.85. The van der Waals surface area contributed by atoms with E-state index in [2.05, 4.69) is 52.2 Å². The Bertz CT molecular complexity index is 975. The number of hydrogen-bond donors (Lipinski definition) is 0. The summed E-state index contributed by atoms with van der Waals surface area (Å²) in [5, 5.41) is 4.31. The van der Waals surface area contributed by atoms with Crippen LogP contribution in [0.3, 0.4) is 0 Å². The van der Waals surface area contributed by atoms with Gasteiger partial charge in [0.1, 0.15) is 12.2 Å². The summed E-state index contributed by atoms with van der Waals surface area (Å²) in [4.78, 5) is 6.85. The van der Waals surface area contributed by atoms with Crippen molar-refractivity contribution in [3.8, 4) is 11.5 Å². The van der Waals surface area contributed by atoms with E-state index in [9.17, 15) is 0 Å². The van der Waals surface area contributed by atoms with Crippen LogP contribution < -0.4 is 9.47 Å². The first-order chi connectivity index (χ1) is 14.3. The van der Waals surface area contributed by atoms with Crippen molar-refractivity contribution in [3.63, 3.8) is 0 Å². The molecule has 2 atom stereocenters. The summed E-state index contributed by atoms with van der Waals surface area (Å²) in [6, 6.07) is 16.5. The van der Waals surface area contributed by atoms with E-state index in [0.717, 1.165) is 49.1 Å². The van der Waals surface area contributed by atoms with Gasteiger partial charge in [0, 0.05) is 19.6 Å². The highest BCUT2D eigenvalue weighted by Gasteiger charge is 2.31. The zero-order valence-electron chi connectivity index (χ0n) is 16.4. The first kappa shape index (κ1) is 18.1. The molecule has 3 heterocycles. The summed E-state index contributed by atoms with van der Waals surface area (Å²) in [6.45, 7) is 5.49. The highest BCUT2D eigenvalue weighted by atomic mass is 16.7. The monoisotopic (exact) mass is 392 g/mol. The molecule has 0 unspecified atom stereocenters. The fourth-order valence-electron chi connectivity index (χ4n) is 3.98. The summed E-state index contributed by atoms with van der Waals surface area (Å²) < 4.78 is 19.5. The van der Waals surface area contributed by atoms with Gasteiger partial charge in [-0.05, 0) is 30.2 Å². The van der Waals surface area contributed by atoms with E-state index in [1.165, 1.54) is 5.56 Å². The van der Waals surface area contributed by atoms with Gasteiger partial charge in [-0.2, -0.15) is 5.10 Å². The maximum Gasteiger partial charge on any atom is 0.231 e. The fourth-order valence-corrected chi connectivity index (χ4v) is 3.98. The molecule has 0 saturated carbocycles. The number of fused-ring (bicyclic) bond motifs is 1. The molecule has 1 fully saturated rings. The number of aryl methyl sites for hydroxylation is 1. The Kier molecular flexibility index (Phi) is 4.91. The molecule has 0 spiro atoms. The quantitative estimate of drug-likeness (QED) is 0.664. The SMILES string of the molecule is CCn1ncnc1CN1C[C@@H](c2ccccc2)O[C@@H](c2ccc3c(c2)OCO3)C1. The molecule has 2 aliphatic rings. The minimum atomic E-state index is -0.0681. The van der Waals surface area contributed by atoms with Gasteiger partial charge in [0.15, 0.2) is 11.5 Å². The number of ether oxygens (including phenoxy) is 3. The molecule has 0 amide bonds. The van der Waals surface area contributed by atoms with Crippen LogP contribution in [0, 0.1) is 0 Å². The molecule has 150 valence electrons. The van der Waals surface area contributed by atoms with Gasteiger partial charge in [-0.25, -0.2) is 9.67 Å². The van der Waals surface area contributed by atoms with Crippen molar-refractivity contribution in [1.29, 1.82) is 0 Å². The maximum atomic E-state index is 6.54. The van der Waals surface area contributed by atoms with Gasteiger partial charge in [0.2, 0.25) is 6.79 Å². The van der Waals surface area contributed by atoms with Crippen molar-refractivity contribution in [3.05, 3.63) is 71.8 Å². The Labute approximate surface area is 169 Å². The van der Waals surface area contributed by atoms with Crippen LogP contribution >= 0.6 is 0 Å². The topological polar surface area (TPSA) is 61.6 Å². The number of rotatable bonds is 5. The van der Waals surface area contributed by atoms with Crippen molar-refractivity contribution in [2.45, 2.75) is 32.2 Å². The normalized spacial score (nSPS) is 21.4. The highest BCUT2D eigenvalue weighted by molar-refractivity contribution is 5.45. The molecule has 2 aliphatic heterocycles. The van der Waals surface area contributed by atoms with Gasteiger partial charge in [0.25, 0.3) is 0 Å². The van der Waals surface area contributed by atoms with Crippen LogP contribution in [0.1, 0.15) is 36.1 Å². The van der Waals surface area contributed by atoms with Crippen molar-refractivity contribution in [2.75, 3.05) is 19.9 Å². The van der Waals surface area contributed by atoms with Crippen LogP contribution in [0.15, 0.2) is 54.9 Å². The van der Waals surface area contributed by atoms with Gasteiger partial charge in [-0.15, -0.1) is 0 Å². The van der Waals surface area contributed by atoms with E-state index in [1.807, 2.05) is 22.9 Å². The average Bonchev–Trinajstić information content (AvgIpc) is 3.42. The lowest BCUT2D eigenvalue weighted by Crippen LogP contribution is -2.40. The van der Waals surface area contributed by atoms with Crippen LogP contribution in [0.5, 0.6) is 11.5 Å². The zero-order valence-corrected chi connectivity index (χ0v) is 16.4. The smallest absolute Gasteiger partial charge is 0.231 e.